The highest BCUT2D eigenvalue weighted by Gasteiger charge is 2.11. The van der Waals surface area contributed by atoms with Crippen molar-refractivity contribution in [1.82, 2.24) is 19.7 Å². The Morgan fingerprint density at radius 3 is 2.41 bits per heavy atom. The third kappa shape index (κ3) is 3.11. The smallest absolute Gasteiger partial charge is 0.209 e. The van der Waals surface area contributed by atoms with Crippen LogP contribution in [0.3, 0.4) is 0 Å². The van der Waals surface area contributed by atoms with Gasteiger partial charge in [-0.2, -0.15) is 15.0 Å². The highest BCUT2D eigenvalue weighted by molar-refractivity contribution is 7.89. The Morgan fingerprint density at radius 1 is 1.12 bits per heavy atom. The van der Waals surface area contributed by atoms with Gasteiger partial charge in [0.05, 0.1) is 23.8 Å². The van der Waals surface area contributed by atoms with Crippen molar-refractivity contribution in [3.63, 3.8) is 0 Å². The fourth-order valence-electron chi connectivity index (χ4n) is 1.32. The second kappa shape index (κ2) is 5.07. The lowest BCUT2D eigenvalue weighted by atomic mass is 10.4. The maximum atomic E-state index is 11.8. The van der Waals surface area contributed by atoms with Crippen LogP contribution >= 0.6 is 0 Å². The summed E-state index contributed by atoms with van der Waals surface area (Å²) in [6.45, 7) is 0.658. The Morgan fingerprint density at radius 2 is 1.76 bits per heavy atom. The van der Waals surface area contributed by atoms with Crippen molar-refractivity contribution >= 4 is 10.0 Å². The number of sulfonamides is 1. The van der Waals surface area contributed by atoms with Gasteiger partial charge in [-0.05, 0) is 12.1 Å². The molecule has 0 saturated carbocycles. The summed E-state index contributed by atoms with van der Waals surface area (Å²) in [5.74, 6) is 0. The summed E-state index contributed by atoms with van der Waals surface area (Å²) in [7, 11) is -3.43. The van der Waals surface area contributed by atoms with Crippen LogP contribution in [0.15, 0.2) is 47.6 Å². The highest BCUT2D eigenvalue weighted by atomic mass is 32.2. The van der Waals surface area contributed by atoms with E-state index in [0.29, 0.717) is 6.54 Å². The topological polar surface area (TPSA) is 76.9 Å². The summed E-state index contributed by atoms with van der Waals surface area (Å²) in [6, 6.07) is 8.24. The summed E-state index contributed by atoms with van der Waals surface area (Å²) in [5.41, 5.74) is 0. The van der Waals surface area contributed by atoms with Gasteiger partial charge in [-0.25, -0.2) is 13.1 Å². The molecule has 0 amide bonds. The molecule has 1 heterocycles. The third-order valence-electron chi connectivity index (χ3n) is 2.12. The minimum absolute atomic E-state index is 0.256. The number of hydrogen-bond donors (Lipinski definition) is 1. The Hall–Kier alpha value is -1.73. The third-order valence-corrected chi connectivity index (χ3v) is 3.60. The maximum absolute atomic E-state index is 11.8. The second-order valence-corrected chi connectivity index (χ2v) is 5.10. The molecule has 0 unspecified atom stereocenters. The SMILES string of the molecule is O=S(=O)(NCCn1nccn1)c1ccccc1. The van der Waals surface area contributed by atoms with Crippen LogP contribution in [0.25, 0.3) is 0 Å². The standard InChI is InChI=1S/C10H12N4O2S/c15-17(16,10-4-2-1-3-5-10)13-8-9-14-11-6-7-12-14/h1-7,13H,8-9H2. The van der Waals surface area contributed by atoms with Crippen LogP contribution in [0.2, 0.25) is 0 Å². The van der Waals surface area contributed by atoms with E-state index in [0.717, 1.165) is 0 Å². The van der Waals surface area contributed by atoms with Gasteiger partial charge in [-0.1, -0.05) is 18.2 Å². The molecule has 0 radical (unpaired) electrons. The van der Waals surface area contributed by atoms with Crippen molar-refractivity contribution in [2.45, 2.75) is 11.4 Å². The summed E-state index contributed by atoms with van der Waals surface area (Å²) in [5, 5.41) is 7.76. The zero-order valence-corrected chi connectivity index (χ0v) is 9.84. The molecule has 1 N–H and O–H groups in total. The number of hydrogen-bond acceptors (Lipinski definition) is 4. The quantitative estimate of drug-likeness (QED) is 0.828. The van der Waals surface area contributed by atoms with E-state index in [1.54, 1.807) is 42.7 Å². The van der Waals surface area contributed by atoms with Crippen molar-refractivity contribution in [1.29, 1.82) is 0 Å². The van der Waals surface area contributed by atoms with Crippen molar-refractivity contribution in [3.05, 3.63) is 42.7 Å². The van der Waals surface area contributed by atoms with E-state index in [1.165, 1.54) is 4.80 Å². The van der Waals surface area contributed by atoms with E-state index in [9.17, 15) is 8.42 Å². The second-order valence-electron chi connectivity index (χ2n) is 3.34. The molecule has 0 aliphatic rings. The molecule has 0 spiro atoms. The zero-order chi connectivity index (χ0) is 12.1. The number of benzene rings is 1. The fraction of sp³-hybridized carbons (Fsp3) is 0.200. The van der Waals surface area contributed by atoms with Crippen molar-refractivity contribution in [3.8, 4) is 0 Å². The number of nitrogens with zero attached hydrogens (tertiary/aromatic N) is 3. The van der Waals surface area contributed by atoms with Crippen LogP contribution in [0, 0.1) is 0 Å². The summed E-state index contributed by atoms with van der Waals surface area (Å²) in [6.07, 6.45) is 3.09. The first-order valence-corrected chi connectivity index (χ1v) is 6.55. The van der Waals surface area contributed by atoms with Crippen LogP contribution in [-0.2, 0) is 16.6 Å². The molecule has 0 atom stereocenters. The van der Waals surface area contributed by atoms with Crippen LogP contribution in [0.4, 0.5) is 0 Å². The van der Waals surface area contributed by atoms with Crippen LogP contribution in [0.5, 0.6) is 0 Å². The first-order chi connectivity index (χ1) is 8.18. The number of rotatable bonds is 5. The van der Waals surface area contributed by atoms with E-state index >= 15 is 0 Å². The lowest BCUT2D eigenvalue weighted by molar-refractivity contribution is 0.522. The van der Waals surface area contributed by atoms with E-state index in [4.69, 9.17) is 0 Å². The van der Waals surface area contributed by atoms with Gasteiger partial charge >= 0.3 is 0 Å². The van der Waals surface area contributed by atoms with Crippen LogP contribution < -0.4 is 4.72 Å². The molecular formula is C10H12N4O2S. The molecule has 6 nitrogen and oxygen atoms in total. The van der Waals surface area contributed by atoms with Gasteiger partial charge in [0.2, 0.25) is 10.0 Å². The van der Waals surface area contributed by atoms with Crippen molar-refractivity contribution < 1.29 is 8.42 Å². The van der Waals surface area contributed by atoms with E-state index in [-0.39, 0.29) is 11.4 Å². The molecule has 0 aliphatic heterocycles. The summed E-state index contributed by atoms with van der Waals surface area (Å²) >= 11 is 0. The number of aromatic nitrogens is 3. The molecule has 1 aromatic carbocycles. The van der Waals surface area contributed by atoms with Gasteiger partial charge in [-0.15, -0.1) is 0 Å². The molecule has 90 valence electrons. The first kappa shape index (κ1) is 11.7. The molecule has 2 aromatic rings. The monoisotopic (exact) mass is 252 g/mol. The van der Waals surface area contributed by atoms with E-state index in [2.05, 4.69) is 14.9 Å². The molecule has 0 saturated heterocycles. The van der Waals surface area contributed by atoms with Crippen molar-refractivity contribution in [2.75, 3.05) is 6.54 Å². The largest absolute Gasteiger partial charge is 0.240 e. The van der Waals surface area contributed by atoms with Crippen LogP contribution in [0.1, 0.15) is 0 Å². The van der Waals surface area contributed by atoms with E-state index < -0.39 is 10.0 Å². The zero-order valence-electron chi connectivity index (χ0n) is 9.02. The average Bonchev–Trinajstić information content (AvgIpc) is 2.83. The lowest BCUT2D eigenvalue weighted by Gasteiger charge is -2.05. The van der Waals surface area contributed by atoms with Gasteiger partial charge in [0.1, 0.15) is 0 Å². The minimum atomic E-state index is -3.43. The molecular weight excluding hydrogens is 240 g/mol. The lowest BCUT2D eigenvalue weighted by Crippen LogP contribution is -2.27. The molecule has 7 heteroatoms. The van der Waals surface area contributed by atoms with Crippen molar-refractivity contribution in [2.24, 2.45) is 0 Å². The molecule has 0 aliphatic carbocycles. The summed E-state index contributed by atoms with van der Waals surface area (Å²) in [4.78, 5) is 1.68. The molecule has 1 aromatic heterocycles. The van der Waals surface area contributed by atoms with Gasteiger partial charge in [-0.3, -0.25) is 0 Å². The molecule has 17 heavy (non-hydrogen) atoms. The predicted octanol–water partition coefficient (Wildman–Crippen LogP) is 0.257. The molecule has 0 fully saturated rings. The van der Waals surface area contributed by atoms with Gasteiger partial charge in [0, 0.05) is 6.54 Å². The highest BCUT2D eigenvalue weighted by Crippen LogP contribution is 2.06. The predicted molar refractivity (Wildman–Crippen MR) is 61.7 cm³/mol. The summed E-state index contributed by atoms with van der Waals surface area (Å²) < 4.78 is 26.1. The Bertz CT molecular complexity index is 551. The van der Waals surface area contributed by atoms with Gasteiger partial charge < -0.3 is 0 Å². The fourth-order valence-corrected chi connectivity index (χ4v) is 2.36. The van der Waals surface area contributed by atoms with Crippen LogP contribution in [-0.4, -0.2) is 30.0 Å². The Balaban J connectivity index is 1.95. The minimum Gasteiger partial charge on any atom is -0.209 e. The maximum Gasteiger partial charge on any atom is 0.240 e. The molecule has 2 rings (SSSR count). The van der Waals surface area contributed by atoms with E-state index in [1.807, 2.05) is 0 Å². The Labute approximate surface area is 99.3 Å². The van der Waals surface area contributed by atoms with Gasteiger partial charge in [0.25, 0.3) is 0 Å². The number of nitrogens with one attached hydrogen (secondary N) is 1. The van der Waals surface area contributed by atoms with Gasteiger partial charge in [0.15, 0.2) is 0 Å². The average molecular weight is 252 g/mol. The Kier molecular flexibility index (Phi) is 3.50. The first-order valence-electron chi connectivity index (χ1n) is 5.07. The normalized spacial score (nSPS) is 11.5. The molecule has 0 bridgehead atoms.